The summed E-state index contributed by atoms with van der Waals surface area (Å²) in [5.41, 5.74) is 1.48. The summed E-state index contributed by atoms with van der Waals surface area (Å²) in [7, 11) is 0. The van der Waals surface area contributed by atoms with Gasteiger partial charge in [0.2, 0.25) is 5.91 Å². The maximum absolute atomic E-state index is 12.7. The number of rotatable bonds is 4. The molecular weight excluding hydrogens is 302 g/mol. The quantitative estimate of drug-likeness (QED) is 0.868. The predicted molar refractivity (Wildman–Crippen MR) is 93.6 cm³/mol. The molecule has 0 aliphatic carbocycles. The van der Waals surface area contributed by atoms with Gasteiger partial charge in [-0.25, -0.2) is 0 Å². The van der Waals surface area contributed by atoms with E-state index in [1.807, 2.05) is 23.1 Å². The molecule has 0 saturated carbocycles. The van der Waals surface area contributed by atoms with Crippen molar-refractivity contribution in [1.82, 2.24) is 14.5 Å². The van der Waals surface area contributed by atoms with Crippen LogP contribution in [0.4, 0.5) is 0 Å². The highest BCUT2D eigenvalue weighted by molar-refractivity contribution is 5.76. The van der Waals surface area contributed by atoms with Gasteiger partial charge in [-0.05, 0) is 43.9 Å². The van der Waals surface area contributed by atoms with Gasteiger partial charge in [-0.15, -0.1) is 0 Å². The van der Waals surface area contributed by atoms with Crippen LogP contribution in [0.1, 0.15) is 32.6 Å². The first-order valence-corrected chi connectivity index (χ1v) is 8.60. The highest BCUT2D eigenvalue weighted by Crippen LogP contribution is 2.20. The fourth-order valence-corrected chi connectivity index (χ4v) is 3.33. The Kier molecular flexibility index (Phi) is 5.08. The Balaban J connectivity index is 1.82. The molecule has 2 aromatic rings. The van der Waals surface area contributed by atoms with E-state index in [-0.39, 0.29) is 18.0 Å². The minimum Gasteiger partial charge on any atom is -0.338 e. The lowest BCUT2D eigenvalue weighted by Crippen LogP contribution is -2.45. The number of carbonyl (C=O) groups excluding carboxylic acids is 1. The smallest absolute Gasteiger partial charge is 0.251 e. The van der Waals surface area contributed by atoms with Gasteiger partial charge in [0.25, 0.3) is 5.56 Å². The minimum absolute atomic E-state index is 0.0295. The van der Waals surface area contributed by atoms with Gasteiger partial charge in [-0.1, -0.05) is 13.0 Å². The predicted octanol–water partition coefficient (Wildman–Crippen LogP) is 2.70. The zero-order valence-corrected chi connectivity index (χ0v) is 14.0. The van der Waals surface area contributed by atoms with Crippen molar-refractivity contribution in [2.24, 2.45) is 0 Å². The first-order chi connectivity index (χ1) is 11.7. The molecule has 0 radical (unpaired) electrons. The van der Waals surface area contributed by atoms with E-state index in [9.17, 15) is 9.59 Å². The van der Waals surface area contributed by atoms with Gasteiger partial charge < -0.3 is 9.47 Å². The highest BCUT2D eigenvalue weighted by atomic mass is 16.2. The Labute approximate surface area is 141 Å². The van der Waals surface area contributed by atoms with Crippen LogP contribution in [-0.2, 0) is 11.3 Å². The fraction of sp³-hybridized carbons (Fsp3) is 0.421. The molecule has 5 heteroatoms. The number of nitrogens with zero attached hydrogens (tertiary/aromatic N) is 3. The number of carbonyl (C=O) groups is 1. The number of piperidine rings is 1. The second kappa shape index (κ2) is 7.43. The van der Waals surface area contributed by atoms with Gasteiger partial charge in [0.05, 0.1) is 5.69 Å². The molecule has 0 spiro atoms. The Hall–Kier alpha value is -2.43. The lowest BCUT2D eigenvalue weighted by atomic mass is 10.00. The molecule has 0 bridgehead atoms. The number of hydrogen-bond donors (Lipinski definition) is 0. The maximum atomic E-state index is 12.7. The molecule has 1 atom stereocenters. The summed E-state index contributed by atoms with van der Waals surface area (Å²) in [5, 5.41) is 0. The van der Waals surface area contributed by atoms with Crippen molar-refractivity contribution in [2.75, 3.05) is 6.54 Å². The van der Waals surface area contributed by atoms with E-state index in [2.05, 4.69) is 11.9 Å². The zero-order valence-electron chi connectivity index (χ0n) is 14.0. The molecular formula is C19H23N3O2. The number of hydrogen-bond acceptors (Lipinski definition) is 3. The van der Waals surface area contributed by atoms with Gasteiger partial charge in [0.1, 0.15) is 6.54 Å². The molecule has 0 N–H and O–H groups in total. The van der Waals surface area contributed by atoms with E-state index in [1.165, 1.54) is 17.1 Å². The summed E-state index contributed by atoms with van der Waals surface area (Å²) in [6, 6.07) is 9.21. The second-order valence-corrected chi connectivity index (χ2v) is 6.24. The van der Waals surface area contributed by atoms with Crippen LogP contribution in [0.2, 0.25) is 0 Å². The number of pyridine rings is 2. The third-order valence-electron chi connectivity index (χ3n) is 4.67. The van der Waals surface area contributed by atoms with Crippen molar-refractivity contribution < 1.29 is 4.79 Å². The first kappa shape index (κ1) is 16.4. The van der Waals surface area contributed by atoms with E-state index in [0.717, 1.165) is 37.1 Å². The van der Waals surface area contributed by atoms with Crippen LogP contribution in [0.25, 0.3) is 11.3 Å². The topological polar surface area (TPSA) is 55.2 Å². The molecule has 1 amide bonds. The van der Waals surface area contributed by atoms with Crippen LogP contribution >= 0.6 is 0 Å². The monoisotopic (exact) mass is 325 g/mol. The van der Waals surface area contributed by atoms with Crippen molar-refractivity contribution >= 4 is 5.91 Å². The third-order valence-corrected chi connectivity index (χ3v) is 4.67. The molecule has 126 valence electrons. The third kappa shape index (κ3) is 3.55. The van der Waals surface area contributed by atoms with E-state index in [4.69, 9.17) is 0 Å². The van der Waals surface area contributed by atoms with Gasteiger partial charge in [0.15, 0.2) is 0 Å². The van der Waals surface area contributed by atoms with Gasteiger partial charge in [-0.3, -0.25) is 14.6 Å². The van der Waals surface area contributed by atoms with Crippen molar-refractivity contribution in [1.29, 1.82) is 0 Å². The van der Waals surface area contributed by atoms with Crippen LogP contribution in [0.5, 0.6) is 0 Å². The number of likely N-dealkylation sites (tertiary alicyclic amines) is 1. The fourth-order valence-electron chi connectivity index (χ4n) is 3.33. The molecule has 1 fully saturated rings. The van der Waals surface area contributed by atoms with E-state index in [0.29, 0.717) is 6.04 Å². The lowest BCUT2D eigenvalue weighted by Gasteiger charge is -2.35. The zero-order chi connectivity index (χ0) is 16.9. The van der Waals surface area contributed by atoms with Gasteiger partial charge >= 0.3 is 0 Å². The summed E-state index contributed by atoms with van der Waals surface area (Å²) in [5.74, 6) is 0.0295. The van der Waals surface area contributed by atoms with E-state index >= 15 is 0 Å². The average Bonchev–Trinajstić information content (AvgIpc) is 2.64. The van der Waals surface area contributed by atoms with Crippen LogP contribution in [0, 0.1) is 0 Å². The van der Waals surface area contributed by atoms with Crippen LogP contribution < -0.4 is 5.56 Å². The lowest BCUT2D eigenvalue weighted by molar-refractivity contribution is -0.135. The standard InChI is InChI=1S/C19H23N3O2/c1-2-16-7-4-6-12-22(16)19(24)14-21-13-15(9-10-18(21)23)17-8-3-5-11-20-17/h3,5,8-11,13,16H,2,4,6-7,12,14H2,1H3. The largest absolute Gasteiger partial charge is 0.338 e. The summed E-state index contributed by atoms with van der Waals surface area (Å²) < 4.78 is 1.49. The summed E-state index contributed by atoms with van der Waals surface area (Å²) in [4.78, 5) is 31.1. The van der Waals surface area contributed by atoms with Crippen molar-refractivity contribution in [3.8, 4) is 11.3 Å². The summed E-state index contributed by atoms with van der Waals surface area (Å²) in [6.45, 7) is 3.01. The van der Waals surface area contributed by atoms with Crippen molar-refractivity contribution in [2.45, 2.75) is 45.2 Å². The second-order valence-electron chi connectivity index (χ2n) is 6.24. The molecule has 24 heavy (non-hydrogen) atoms. The molecule has 5 nitrogen and oxygen atoms in total. The summed E-state index contributed by atoms with van der Waals surface area (Å²) >= 11 is 0. The van der Waals surface area contributed by atoms with Crippen LogP contribution in [-0.4, -0.2) is 32.9 Å². The molecule has 2 aromatic heterocycles. The molecule has 1 unspecified atom stereocenters. The van der Waals surface area contributed by atoms with Crippen molar-refractivity contribution in [3.05, 3.63) is 53.1 Å². The summed E-state index contributed by atoms with van der Waals surface area (Å²) in [6.07, 6.45) is 7.70. The Bertz CT molecular complexity index is 755. The number of aromatic nitrogens is 2. The molecule has 1 aliphatic heterocycles. The molecule has 1 saturated heterocycles. The van der Waals surface area contributed by atoms with E-state index < -0.39 is 0 Å². The molecule has 3 rings (SSSR count). The molecule has 3 heterocycles. The van der Waals surface area contributed by atoms with Crippen LogP contribution in [0.3, 0.4) is 0 Å². The minimum atomic E-state index is -0.159. The highest BCUT2D eigenvalue weighted by Gasteiger charge is 2.25. The van der Waals surface area contributed by atoms with Gasteiger partial charge in [-0.2, -0.15) is 0 Å². The first-order valence-electron chi connectivity index (χ1n) is 8.60. The van der Waals surface area contributed by atoms with Crippen molar-refractivity contribution in [3.63, 3.8) is 0 Å². The van der Waals surface area contributed by atoms with Crippen LogP contribution in [0.15, 0.2) is 47.5 Å². The average molecular weight is 325 g/mol. The number of amides is 1. The van der Waals surface area contributed by atoms with Gasteiger partial charge in [0, 0.05) is 36.6 Å². The normalized spacial score (nSPS) is 17.7. The Morgan fingerprint density at radius 1 is 1.25 bits per heavy atom. The Morgan fingerprint density at radius 2 is 2.12 bits per heavy atom. The molecule has 0 aromatic carbocycles. The molecule has 1 aliphatic rings. The van der Waals surface area contributed by atoms with E-state index in [1.54, 1.807) is 18.5 Å². The SMILES string of the molecule is CCC1CCCCN1C(=O)Cn1cc(-c2ccccn2)ccc1=O. The Morgan fingerprint density at radius 3 is 2.88 bits per heavy atom. The maximum Gasteiger partial charge on any atom is 0.251 e.